The van der Waals surface area contributed by atoms with E-state index >= 15 is 0 Å². The molecule has 0 amide bonds. The Hall–Kier alpha value is -1.81. The van der Waals surface area contributed by atoms with E-state index < -0.39 is 11.8 Å². The van der Waals surface area contributed by atoms with E-state index in [1.807, 2.05) is 17.8 Å². The third kappa shape index (κ3) is 1.99. The molecule has 0 radical (unpaired) electrons. The zero-order valence-corrected chi connectivity index (χ0v) is 10.8. The van der Waals surface area contributed by atoms with Crippen LogP contribution < -0.4 is 0 Å². The van der Waals surface area contributed by atoms with Gasteiger partial charge >= 0.3 is 5.97 Å². The summed E-state index contributed by atoms with van der Waals surface area (Å²) < 4.78 is 6.57. The van der Waals surface area contributed by atoms with Crippen molar-refractivity contribution < 1.29 is 14.3 Å². The summed E-state index contributed by atoms with van der Waals surface area (Å²) in [7, 11) is 1.88. The lowest BCUT2D eigenvalue weighted by Gasteiger charge is -2.05. The lowest BCUT2D eigenvalue weighted by Crippen LogP contribution is -2.17. The summed E-state index contributed by atoms with van der Waals surface area (Å²) in [6, 6.07) is 5.11. The number of ether oxygens (including phenoxy) is 1. The molecule has 1 aromatic heterocycles. The topological polar surface area (TPSA) is 48.3 Å². The number of fused-ring (bicyclic) bond motifs is 1. The first-order valence-electron chi connectivity index (χ1n) is 5.51. The van der Waals surface area contributed by atoms with E-state index in [4.69, 9.17) is 11.6 Å². The van der Waals surface area contributed by atoms with Crippen molar-refractivity contribution in [2.45, 2.75) is 6.92 Å². The van der Waals surface area contributed by atoms with Crippen LogP contribution in [0.15, 0.2) is 24.4 Å². The first kappa shape index (κ1) is 12.6. The molecule has 0 unspecified atom stereocenters. The minimum absolute atomic E-state index is 0.162. The number of Topliss-reactive ketones (excluding diaryl/α,β-unsaturated/α-hetero) is 1. The number of nitrogens with zero attached hydrogens (tertiary/aromatic N) is 1. The van der Waals surface area contributed by atoms with Crippen LogP contribution in [0.25, 0.3) is 10.9 Å². The summed E-state index contributed by atoms with van der Waals surface area (Å²) in [6.07, 6.45) is 1.84. The van der Waals surface area contributed by atoms with E-state index in [9.17, 15) is 9.59 Å². The molecular weight excluding hydrogens is 254 g/mol. The molecule has 94 valence electrons. The number of carbonyl (C=O) groups is 2. The van der Waals surface area contributed by atoms with Crippen molar-refractivity contribution in [3.8, 4) is 0 Å². The van der Waals surface area contributed by atoms with Crippen LogP contribution in [0.2, 0.25) is 5.02 Å². The van der Waals surface area contributed by atoms with Gasteiger partial charge in [0, 0.05) is 29.7 Å². The zero-order chi connectivity index (χ0) is 13.3. The third-order valence-electron chi connectivity index (χ3n) is 2.71. The van der Waals surface area contributed by atoms with Crippen molar-refractivity contribution in [2.75, 3.05) is 6.61 Å². The summed E-state index contributed by atoms with van der Waals surface area (Å²) >= 11 is 6.15. The number of carbonyl (C=O) groups excluding carboxylic acids is 2. The van der Waals surface area contributed by atoms with Crippen LogP contribution in [0.4, 0.5) is 0 Å². The molecule has 0 aliphatic carbocycles. The molecule has 1 aromatic carbocycles. The van der Waals surface area contributed by atoms with Gasteiger partial charge in [0.05, 0.1) is 11.6 Å². The molecule has 2 rings (SSSR count). The SMILES string of the molecule is CCOC(=O)C(=O)c1ccc2c(ccn2C)c1Cl. The lowest BCUT2D eigenvalue weighted by molar-refractivity contribution is -0.137. The number of benzene rings is 1. The van der Waals surface area contributed by atoms with Gasteiger partial charge in [-0.15, -0.1) is 0 Å². The fourth-order valence-corrected chi connectivity index (χ4v) is 2.11. The van der Waals surface area contributed by atoms with Crippen molar-refractivity contribution in [2.24, 2.45) is 7.05 Å². The van der Waals surface area contributed by atoms with Crippen LogP contribution in [-0.2, 0) is 16.6 Å². The van der Waals surface area contributed by atoms with Crippen molar-refractivity contribution in [3.63, 3.8) is 0 Å². The lowest BCUT2D eigenvalue weighted by atomic mass is 10.1. The maximum Gasteiger partial charge on any atom is 0.379 e. The molecule has 1 heterocycles. The van der Waals surface area contributed by atoms with Crippen molar-refractivity contribution in [1.82, 2.24) is 4.57 Å². The van der Waals surface area contributed by atoms with E-state index in [1.165, 1.54) is 0 Å². The molecule has 0 fully saturated rings. The smallest absolute Gasteiger partial charge is 0.379 e. The van der Waals surface area contributed by atoms with Crippen LogP contribution >= 0.6 is 11.6 Å². The van der Waals surface area contributed by atoms with Crippen molar-refractivity contribution >= 4 is 34.3 Å². The third-order valence-corrected chi connectivity index (χ3v) is 3.11. The molecule has 18 heavy (non-hydrogen) atoms. The Kier molecular flexibility index (Phi) is 3.39. The summed E-state index contributed by atoms with van der Waals surface area (Å²) in [6.45, 7) is 1.81. The van der Waals surface area contributed by atoms with Gasteiger partial charge in [0.1, 0.15) is 0 Å². The maximum absolute atomic E-state index is 11.8. The molecule has 0 N–H and O–H groups in total. The Labute approximate surface area is 109 Å². The highest BCUT2D eigenvalue weighted by atomic mass is 35.5. The van der Waals surface area contributed by atoms with Crippen LogP contribution in [0.1, 0.15) is 17.3 Å². The number of hydrogen-bond donors (Lipinski definition) is 0. The average Bonchev–Trinajstić information content (AvgIpc) is 2.72. The van der Waals surface area contributed by atoms with Crippen LogP contribution in [0.3, 0.4) is 0 Å². The second kappa shape index (κ2) is 4.82. The monoisotopic (exact) mass is 265 g/mol. The number of esters is 1. The summed E-state index contributed by atoms with van der Waals surface area (Å²) in [5.41, 5.74) is 1.08. The molecule has 2 aromatic rings. The van der Waals surface area contributed by atoms with E-state index in [0.29, 0.717) is 0 Å². The fraction of sp³-hybridized carbons (Fsp3) is 0.231. The number of halogens is 1. The van der Waals surface area contributed by atoms with E-state index in [0.717, 1.165) is 10.9 Å². The summed E-state index contributed by atoms with van der Waals surface area (Å²) in [5, 5.41) is 1.03. The minimum Gasteiger partial charge on any atom is -0.460 e. The highest BCUT2D eigenvalue weighted by molar-refractivity contribution is 6.47. The van der Waals surface area contributed by atoms with Gasteiger partial charge < -0.3 is 9.30 Å². The van der Waals surface area contributed by atoms with Crippen LogP contribution in [-0.4, -0.2) is 22.9 Å². The van der Waals surface area contributed by atoms with Gasteiger partial charge in [0.15, 0.2) is 0 Å². The highest BCUT2D eigenvalue weighted by Crippen LogP contribution is 2.28. The Morgan fingerprint density at radius 1 is 1.33 bits per heavy atom. The molecule has 0 atom stereocenters. The number of rotatable bonds is 3. The standard InChI is InChI=1S/C13H12ClNO3/c1-3-18-13(17)12(16)9-4-5-10-8(11(9)14)6-7-15(10)2/h4-7H,3H2,1-2H3. The highest BCUT2D eigenvalue weighted by Gasteiger charge is 2.21. The van der Waals surface area contributed by atoms with Gasteiger partial charge in [-0.25, -0.2) is 4.79 Å². The first-order valence-corrected chi connectivity index (χ1v) is 5.89. The van der Waals surface area contributed by atoms with Crippen LogP contribution in [0, 0.1) is 0 Å². The number of aromatic nitrogens is 1. The maximum atomic E-state index is 11.8. The summed E-state index contributed by atoms with van der Waals surface area (Å²) in [4.78, 5) is 23.2. The number of aryl methyl sites for hydroxylation is 1. The van der Waals surface area contributed by atoms with Gasteiger partial charge in [-0.05, 0) is 25.1 Å². The number of ketones is 1. The van der Waals surface area contributed by atoms with E-state index in [2.05, 4.69) is 4.74 Å². The predicted octanol–water partition coefficient (Wildman–Crippen LogP) is 2.58. The Balaban J connectivity index is 2.49. The van der Waals surface area contributed by atoms with Crippen molar-refractivity contribution in [1.29, 1.82) is 0 Å². The van der Waals surface area contributed by atoms with Gasteiger partial charge in [-0.3, -0.25) is 4.79 Å². The number of hydrogen-bond acceptors (Lipinski definition) is 3. The van der Waals surface area contributed by atoms with Crippen LogP contribution in [0.5, 0.6) is 0 Å². The molecule has 0 bridgehead atoms. The average molecular weight is 266 g/mol. The molecule has 0 aliphatic rings. The second-order valence-corrected chi connectivity index (χ2v) is 4.21. The van der Waals surface area contributed by atoms with E-state index in [1.54, 1.807) is 25.1 Å². The van der Waals surface area contributed by atoms with Gasteiger partial charge in [0.25, 0.3) is 5.78 Å². The normalized spacial score (nSPS) is 10.6. The molecule has 0 saturated heterocycles. The van der Waals surface area contributed by atoms with Gasteiger partial charge in [0.2, 0.25) is 0 Å². The second-order valence-electron chi connectivity index (χ2n) is 3.84. The molecule has 0 spiro atoms. The molecular formula is C13H12ClNO3. The predicted molar refractivity (Wildman–Crippen MR) is 68.9 cm³/mol. The summed E-state index contributed by atoms with van der Waals surface area (Å²) in [5.74, 6) is -1.60. The van der Waals surface area contributed by atoms with E-state index in [-0.39, 0.29) is 17.2 Å². The quantitative estimate of drug-likeness (QED) is 0.487. The van der Waals surface area contributed by atoms with Crippen molar-refractivity contribution in [3.05, 3.63) is 35.0 Å². The molecule has 0 saturated carbocycles. The Bertz CT molecular complexity index is 630. The zero-order valence-electron chi connectivity index (χ0n) is 10.1. The molecule has 4 nitrogen and oxygen atoms in total. The van der Waals surface area contributed by atoms with Gasteiger partial charge in [-0.2, -0.15) is 0 Å². The minimum atomic E-state index is -0.880. The molecule has 5 heteroatoms. The Morgan fingerprint density at radius 2 is 2.06 bits per heavy atom. The first-order chi connectivity index (χ1) is 8.56. The Morgan fingerprint density at radius 3 is 2.72 bits per heavy atom. The largest absolute Gasteiger partial charge is 0.460 e. The van der Waals surface area contributed by atoms with Gasteiger partial charge in [-0.1, -0.05) is 11.6 Å². The fourth-order valence-electron chi connectivity index (χ4n) is 1.80. The molecule has 0 aliphatic heterocycles.